The van der Waals surface area contributed by atoms with E-state index in [9.17, 15) is 0 Å². The maximum atomic E-state index is 5.57. The Bertz CT molecular complexity index is 486. The largest absolute Gasteiger partial charge is 0.444 e. The van der Waals surface area contributed by atoms with Crippen LogP contribution in [0.25, 0.3) is 0 Å². The molecule has 0 saturated carbocycles. The van der Waals surface area contributed by atoms with E-state index in [0.29, 0.717) is 24.5 Å². The summed E-state index contributed by atoms with van der Waals surface area (Å²) in [6.07, 6.45) is 1.08. The highest BCUT2D eigenvalue weighted by Gasteiger charge is 2.12. The molecule has 6 nitrogen and oxygen atoms in total. The second kappa shape index (κ2) is 12.5. The summed E-state index contributed by atoms with van der Waals surface area (Å²) in [6.45, 7) is 18.2. The fourth-order valence-corrected chi connectivity index (χ4v) is 2.68. The number of aromatic nitrogens is 1. The van der Waals surface area contributed by atoms with Crippen LogP contribution in [0.4, 0.5) is 0 Å². The molecule has 0 aliphatic rings. The Morgan fingerprint density at radius 1 is 1.16 bits per heavy atom. The molecule has 0 fully saturated rings. The second-order valence-electron chi connectivity index (χ2n) is 6.65. The summed E-state index contributed by atoms with van der Waals surface area (Å²) in [4.78, 5) is 11.4. The predicted molar refractivity (Wildman–Crippen MR) is 116 cm³/mol. The van der Waals surface area contributed by atoms with Crippen molar-refractivity contribution in [2.75, 3.05) is 19.6 Å². The van der Waals surface area contributed by atoms with Crippen LogP contribution in [0.1, 0.15) is 58.4 Å². The van der Waals surface area contributed by atoms with Crippen LogP contribution in [-0.4, -0.2) is 47.6 Å². The summed E-state index contributed by atoms with van der Waals surface area (Å²) in [7, 11) is 0. The standard InChI is InChI=1S/C18H35N5O.HI/c1-8-19-18(21-12-17-22-15(6)16(7)24-17)20-10-9-11-23(13(2)3)14(4)5;/h13-14H,8-12H2,1-7H3,(H2,19,20,21);1H. The van der Waals surface area contributed by atoms with Crippen molar-refractivity contribution in [3.8, 4) is 0 Å². The van der Waals surface area contributed by atoms with E-state index in [1.807, 2.05) is 13.8 Å². The minimum absolute atomic E-state index is 0. The predicted octanol–water partition coefficient (Wildman–Crippen LogP) is 3.47. The monoisotopic (exact) mass is 465 g/mol. The number of hydrogen-bond donors (Lipinski definition) is 2. The molecule has 1 heterocycles. The van der Waals surface area contributed by atoms with E-state index in [4.69, 9.17) is 4.42 Å². The first-order valence-corrected chi connectivity index (χ1v) is 9.06. The Balaban J connectivity index is 0.00000576. The van der Waals surface area contributed by atoms with E-state index >= 15 is 0 Å². The van der Waals surface area contributed by atoms with Crippen LogP contribution in [0, 0.1) is 13.8 Å². The molecule has 1 aromatic heterocycles. The molecule has 0 aliphatic heterocycles. The zero-order valence-corrected chi connectivity index (χ0v) is 19.2. The highest BCUT2D eigenvalue weighted by Crippen LogP contribution is 2.09. The van der Waals surface area contributed by atoms with Gasteiger partial charge in [0.15, 0.2) is 5.96 Å². The highest BCUT2D eigenvalue weighted by molar-refractivity contribution is 14.0. The maximum Gasteiger partial charge on any atom is 0.216 e. The molecule has 0 spiro atoms. The summed E-state index contributed by atoms with van der Waals surface area (Å²) in [5.41, 5.74) is 0.931. The first-order chi connectivity index (χ1) is 11.3. The molecule has 7 heteroatoms. The third-order valence-electron chi connectivity index (χ3n) is 4.00. The lowest BCUT2D eigenvalue weighted by molar-refractivity contribution is 0.173. The fourth-order valence-electron chi connectivity index (χ4n) is 2.68. The SMILES string of the molecule is CCNC(=NCc1nc(C)c(C)o1)NCCCN(C(C)C)C(C)C.I. The summed E-state index contributed by atoms with van der Waals surface area (Å²) in [5, 5.41) is 6.65. The van der Waals surface area contributed by atoms with Crippen molar-refractivity contribution in [2.45, 2.75) is 73.5 Å². The third kappa shape index (κ3) is 8.89. The number of guanidine groups is 1. The van der Waals surface area contributed by atoms with E-state index in [1.165, 1.54) is 0 Å². The van der Waals surface area contributed by atoms with Gasteiger partial charge in [-0.1, -0.05) is 0 Å². The van der Waals surface area contributed by atoms with Crippen LogP contribution in [0.15, 0.2) is 9.41 Å². The second-order valence-corrected chi connectivity index (χ2v) is 6.65. The van der Waals surface area contributed by atoms with Gasteiger partial charge in [-0.15, -0.1) is 24.0 Å². The lowest BCUT2D eigenvalue weighted by atomic mass is 10.2. The van der Waals surface area contributed by atoms with Crippen molar-refractivity contribution in [1.82, 2.24) is 20.5 Å². The lowest BCUT2D eigenvalue weighted by Gasteiger charge is -2.30. The minimum Gasteiger partial charge on any atom is -0.444 e. The van der Waals surface area contributed by atoms with Crippen molar-refractivity contribution < 1.29 is 4.42 Å². The Kier molecular flexibility index (Phi) is 12.1. The number of rotatable bonds is 9. The maximum absolute atomic E-state index is 5.57. The molecule has 0 aromatic carbocycles. The van der Waals surface area contributed by atoms with Crippen LogP contribution in [0.5, 0.6) is 0 Å². The van der Waals surface area contributed by atoms with E-state index < -0.39 is 0 Å². The lowest BCUT2D eigenvalue weighted by Crippen LogP contribution is -2.41. The van der Waals surface area contributed by atoms with E-state index in [2.05, 4.69) is 60.1 Å². The first kappa shape index (κ1) is 24.2. The molecule has 0 bridgehead atoms. The van der Waals surface area contributed by atoms with Gasteiger partial charge in [0.1, 0.15) is 12.3 Å². The molecule has 0 aliphatic carbocycles. The summed E-state index contributed by atoms with van der Waals surface area (Å²) >= 11 is 0. The number of aliphatic imine (C=N–C) groups is 1. The Morgan fingerprint density at radius 2 is 1.80 bits per heavy atom. The normalized spacial score (nSPS) is 12.0. The molecule has 0 radical (unpaired) electrons. The van der Waals surface area contributed by atoms with Crippen molar-refractivity contribution in [3.63, 3.8) is 0 Å². The summed E-state index contributed by atoms with van der Waals surface area (Å²) in [6, 6.07) is 1.15. The van der Waals surface area contributed by atoms with Gasteiger partial charge in [-0.05, 0) is 54.9 Å². The summed E-state index contributed by atoms with van der Waals surface area (Å²) < 4.78 is 5.57. The number of hydrogen-bond acceptors (Lipinski definition) is 4. The van der Waals surface area contributed by atoms with Crippen LogP contribution >= 0.6 is 24.0 Å². The van der Waals surface area contributed by atoms with E-state index in [1.54, 1.807) is 0 Å². The van der Waals surface area contributed by atoms with Gasteiger partial charge in [0.25, 0.3) is 0 Å². The van der Waals surface area contributed by atoms with Crippen molar-refractivity contribution in [2.24, 2.45) is 4.99 Å². The zero-order valence-electron chi connectivity index (χ0n) is 16.8. The number of aryl methyl sites for hydroxylation is 2. The number of nitrogens with one attached hydrogen (secondary N) is 2. The average molecular weight is 465 g/mol. The molecule has 0 amide bonds. The number of nitrogens with zero attached hydrogens (tertiary/aromatic N) is 3. The Hall–Kier alpha value is -0.830. The van der Waals surface area contributed by atoms with Gasteiger partial charge in [-0.3, -0.25) is 4.90 Å². The van der Waals surface area contributed by atoms with Gasteiger partial charge in [-0.2, -0.15) is 0 Å². The fraction of sp³-hybridized carbons (Fsp3) is 0.778. The first-order valence-electron chi connectivity index (χ1n) is 9.06. The molecule has 1 rings (SSSR count). The van der Waals surface area contributed by atoms with Gasteiger partial charge >= 0.3 is 0 Å². The van der Waals surface area contributed by atoms with Gasteiger partial charge in [-0.25, -0.2) is 9.98 Å². The zero-order chi connectivity index (χ0) is 18.1. The van der Waals surface area contributed by atoms with Gasteiger partial charge in [0, 0.05) is 31.7 Å². The highest BCUT2D eigenvalue weighted by atomic mass is 127. The topological polar surface area (TPSA) is 65.7 Å². The number of halogens is 1. The summed E-state index contributed by atoms with van der Waals surface area (Å²) in [5.74, 6) is 2.33. The molecule has 0 saturated heterocycles. The van der Waals surface area contributed by atoms with Gasteiger partial charge < -0.3 is 15.1 Å². The Labute approximate surface area is 170 Å². The molecule has 0 atom stereocenters. The average Bonchev–Trinajstić information content (AvgIpc) is 2.82. The smallest absolute Gasteiger partial charge is 0.216 e. The van der Waals surface area contributed by atoms with E-state index in [-0.39, 0.29) is 24.0 Å². The van der Waals surface area contributed by atoms with Crippen LogP contribution in [0.3, 0.4) is 0 Å². The quantitative estimate of drug-likeness (QED) is 0.253. The van der Waals surface area contributed by atoms with Crippen LogP contribution < -0.4 is 10.6 Å². The molecule has 0 unspecified atom stereocenters. The molecule has 146 valence electrons. The molecular formula is C18H36IN5O. The van der Waals surface area contributed by atoms with Crippen molar-refractivity contribution >= 4 is 29.9 Å². The van der Waals surface area contributed by atoms with E-state index in [0.717, 1.165) is 43.5 Å². The molecule has 2 N–H and O–H groups in total. The van der Waals surface area contributed by atoms with Crippen molar-refractivity contribution in [3.05, 3.63) is 17.3 Å². The van der Waals surface area contributed by atoms with Crippen LogP contribution in [-0.2, 0) is 6.54 Å². The number of oxazole rings is 1. The van der Waals surface area contributed by atoms with Crippen LogP contribution in [0.2, 0.25) is 0 Å². The minimum atomic E-state index is 0. The molecule has 1 aromatic rings. The molecular weight excluding hydrogens is 429 g/mol. The Morgan fingerprint density at radius 3 is 2.28 bits per heavy atom. The third-order valence-corrected chi connectivity index (χ3v) is 4.00. The van der Waals surface area contributed by atoms with Crippen molar-refractivity contribution in [1.29, 1.82) is 0 Å². The van der Waals surface area contributed by atoms with Gasteiger partial charge in [0.2, 0.25) is 5.89 Å². The van der Waals surface area contributed by atoms with Gasteiger partial charge in [0.05, 0.1) is 5.69 Å². The molecule has 25 heavy (non-hydrogen) atoms.